The number of ether oxygens (including phenoxy) is 4. The Hall–Kier alpha value is -0.160. The smallest absolute Gasteiger partial charge is 0.104 e. The highest BCUT2D eigenvalue weighted by atomic mass is 16.6. The molecule has 2 saturated heterocycles. The highest BCUT2D eigenvalue weighted by Crippen LogP contribution is 2.43. The Labute approximate surface area is 165 Å². The molecule has 0 aromatic rings. The van der Waals surface area contributed by atoms with E-state index in [2.05, 4.69) is 27.7 Å². The average molecular weight is 381 g/mol. The van der Waals surface area contributed by atoms with Gasteiger partial charge in [0.1, 0.15) is 12.2 Å². The van der Waals surface area contributed by atoms with Crippen molar-refractivity contribution in [3.63, 3.8) is 0 Å². The molecular weight excluding hydrogens is 340 g/mol. The Morgan fingerprint density at radius 3 is 1.26 bits per heavy atom. The summed E-state index contributed by atoms with van der Waals surface area (Å²) in [6, 6.07) is 0. The topological polar surface area (TPSA) is 43.5 Å². The van der Waals surface area contributed by atoms with Crippen LogP contribution in [-0.2, 0) is 18.9 Å². The maximum Gasteiger partial charge on any atom is 0.104 e. The molecule has 4 fully saturated rings. The van der Waals surface area contributed by atoms with E-state index in [1.165, 1.54) is 32.1 Å². The summed E-state index contributed by atoms with van der Waals surface area (Å²) in [5.41, 5.74) is 0. The van der Waals surface area contributed by atoms with Crippen LogP contribution in [0.5, 0.6) is 0 Å². The maximum absolute atomic E-state index is 6.22. The Morgan fingerprint density at radius 2 is 0.963 bits per heavy atom. The molecule has 0 aromatic heterocycles. The first-order valence-electron chi connectivity index (χ1n) is 11.5. The largest absolute Gasteiger partial charge is 0.375 e. The molecule has 6 unspecified atom stereocenters. The molecule has 0 amide bonds. The van der Waals surface area contributed by atoms with E-state index in [1.807, 2.05) is 0 Å². The Morgan fingerprint density at radius 1 is 0.630 bits per heavy atom. The minimum atomic E-state index is 0.383. The molecule has 156 valence electrons. The molecule has 4 heteroatoms. The van der Waals surface area contributed by atoms with Crippen LogP contribution in [0, 0.1) is 35.5 Å². The fourth-order valence-corrected chi connectivity index (χ4v) is 6.23. The molecule has 0 radical (unpaired) electrons. The van der Waals surface area contributed by atoms with E-state index in [0.717, 1.165) is 38.3 Å². The lowest BCUT2D eigenvalue weighted by atomic mass is 9.67. The van der Waals surface area contributed by atoms with Crippen LogP contribution in [0.15, 0.2) is 0 Å². The fraction of sp³-hybridized carbons (Fsp3) is 1.00. The van der Waals surface area contributed by atoms with Crippen molar-refractivity contribution in [1.82, 2.24) is 0 Å². The summed E-state index contributed by atoms with van der Waals surface area (Å²) in [7, 11) is 0. The van der Waals surface area contributed by atoms with Gasteiger partial charge in [0.2, 0.25) is 0 Å². The zero-order valence-corrected chi connectivity index (χ0v) is 17.8. The van der Waals surface area contributed by atoms with Gasteiger partial charge in [0.25, 0.3) is 0 Å². The van der Waals surface area contributed by atoms with Crippen LogP contribution in [0.2, 0.25) is 0 Å². The summed E-state index contributed by atoms with van der Waals surface area (Å²) < 4.78 is 23.1. The van der Waals surface area contributed by atoms with Crippen LogP contribution in [0.25, 0.3) is 0 Å². The molecule has 6 atom stereocenters. The standard InChI is InChI=1S/C23H40O4/c1-14-5-18(6-15(2)22(14)26-12-20-10-24-20)9-19-7-16(3)23(17(4)8-19)27-13-21-11-25-21/h14-23H,5-13H2,1-4H3. The highest BCUT2D eigenvalue weighted by Gasteiger charge is 2.39. The zero-order valence-electron chi connectivity index (χ0n) is 17.8. The van der Waals surface area contributed by atoms with Crippen molar-refractivity contribution in [1.29, 1.82) is 0 Å². The molecule has 0 spiro atoms. The number of rotatable bonds is 8. The van der Waals surface area contributed by atoms with Crippen molar-refractivity contribution < 1.29 is 18.9 Å². The maximum atomic E-state index is 6.22. The third-order valence-corrected chi connectivity index (χ3v) is 7.48. The van der Waals surface area contributed by atoms with Gasteiger partial charge in [-0.2, -0.15) is 0 Å². The number of hydrogen-bond donors (Lipinski definition) is 0. The van der Waals surface area contributed by atoms with Gasteiger partial charge in [0, 0.05) is 0 Å². The fourth-order valence-electron chi connectivity index (χ4n) is 6.23. The Kier molecular flexibility index (Phi) is 6.48. The van der Waals surface area contributed by atoms with Crippen LogP contribution >= 0.6 is 0 Å². The van der Waals surface area contributed by atoms with E-state index in [4.69, 9.17) is 18.9 Å². The third kappa shape index (κ3) is 5.46. The van der Waals surface area contributed by atoms with E-state index in [1.54, 1.807) is 0 Å². The number of epoxide rings is 2. The molecule has 2 saturated carbocycles. The van der Waals surface area contributed by atoms with Crippen molar-refractivity contribution in [3.8, 4) is 0 Å². The predicted octanol–water partition coefficient (Wildman–Crippen LogP) is 4.31. The monoisotopic (exact) mass is 380 g/mol. The van der Waals surface area contributed by atoms with Gasteiger partial charge in [-0.1, -0.05) is 27.7 Å². The lowest BCUT2D eigenvalue weighted by molar-refractivity contribution is -0.0702. The van der Waals surface area contributed by atoms with E-state index in [0.29, 0.717) is 48.1 Å². The predicted molar refractivity (Wildman–Crippen MR) is 106 cm³/mol. The molecule has 0 bridgehead atoms. The molecular formula is C23H40O4. The minimum Gasteiger partial charge on any atom is -0.375 e. The van der Waals surface area contributed by atoms with Crippen LogP contribution in [-0.4, -0.2) is 50.8 Å². The summed E-state index contributed by atoms with van der Waals surface area (Å²) >= 11 is 0. The van der Waals surface area contributed by atoms with Gasteiger partial charge in [-0.05, 0) is 67.6 Å². The Balaban J connectivity index is 1.23. The van der Waals surface area contributed by atoms with Gasteiger partial charge in [-0.3, -0.25) is 0 Å². The quantitative estimate of drug-likeness (QED) is 0.589. The van der Waals surface area contributed by atoms with Crippen LogP contribution in [0.4, 0.5) is 0 Å². The van der Waals surface area contributed by atoms with Gasteiger partial charge in [-0.25, -0.2) is 0 Å². The Bertz CT molecular complexity index is 409. The molecule has 2 heterocycles. The molecule has 4 rings (SSSR count). The molecule has 2 aliphatic carbocycles. The molecule has 4 aliphatic rings. The minimum absolute atomic E-state index is 0.383. The van der Waals surface area contributed by atoms with Gasteiger partial charge in [0.15, 0.2) is 0 Å². The second-order valence-corrected chi connectivity index (χ2v) is 10.3. The average Bonchev–Trinajstić information content (AvgIpc) is 3.48. The van der Waals surface area contributed by atoms with Gasteiger partial charge in [-0.15, -0.1) is 0 Å². The lowest BCUT2D eigenvalue weighted by Gasteiger charge is -2.43. The van der Waals surface area contributed by atoms with E-state index in [-0.39, 0.29) is 0 Å². The first-order chi connectivity index (χ1) is 13.0. The molecule has 2 aliphatic heterocycles. The van der Waals surface area contributed by atoms with Crippen molar-refractivity contribution in [2.24, 2.45) is 35.5 Å². The van der Waals surface area contributed by atoms with Crippen molar-refractivity contribution in [3.05, 3.63) is 0 Å². The second kappa shape index (κ2) is 8.69. The molecule has 27 heavy (non-hydrogen) atoms. The summed E-state index contributed by atoms with van der Waals surface area (Å²) in [6.45, 7) is 13.0. The first-order valence-corrected chi connectivity index (χ1v) is 11.5. The summed E-state index contributed by atoms with van der Waals surface area (Å²) in [5, 5.41) is 0. The lowest BCUT2D eigenvalue weighted by Crippen LogP contribution is -2.40. The van der Waals surface area contributed by atoms with Gasteiger partial charge in [0.05, 0.1) is 38.6 Å². The third-order valence-electron chi connectivity index (χ3n) is 7.48. The summed E-state index contributed by atoms with van der Waals surface area (Å²) in [4.78, 5) is 0. The summed E-state index contributed by atoms with van der Waals surface area (Å²) in [6.07, 6.45) is 8.35. The molecule has 4 nitrogen and oxygen atoms in total. The first kappa shape index (κ1) is 20.1. The normalized spacial score (nSPS) is 49.8. The number of hydrogen-bond acceptors (Lipinski definition) is 4. The SMILES string of the molecule is CC1CC(CC2CC(C)C(OCC3CO3)C(C)C2)CC(C)C1OCC1CO1. The van der Waals surface area contributed by atoms with Crippen molar-refractivity contribution in [2.45, 2.75) is 84.2 Å². The molecule has 0 N–H and O–H groups in total. The van der Waals surface area contributed by atoms with E-state index >= 15 is 0 Å². The van der Waals surface area contributed by atoms with Gasteiger partial charge >= 0.3 is 0 Å². The van der Waals surface area contributed by atoms with Gasteiger partial charge < -0.3 is 18.9 Å². The highest BCUT2D eigenvalue weighted by molar-refractivity contribution is 4.89. The van der Waals surface area contributed by atoms with Crippen LogP contribution < -0.4 is 0 Å². The van der Waals surface area contributed by atoms with Crippen LogP contribution in [0.3, 0.4) is 0 Å². The second-order valence-electron chi connectivity index (χ2n) is 10.3. The van der Waals surface area contributed by atoms with Crippen molar-refractivity contribution >= 4 is 0 Å². The van der Waals surface area contributed by atoms with E-state index in [9.17, 15) is 0 Å². The molecule has 0 aromatic carbocycles. The summed E-state index contributed by atoms with van der Waals surface area (Å²) in [5.74, 6) is 4.43. The van der Waals surface area contributed by atoms with Crippen molar-refractivity contribution in [2.75, 3.05) is 26.4 Å². The zero-order chi connectivity index (χ0) is 19.0. The van der Waals surface area contributed by atoms with E-state index < -0.39 is 0 Å². The van der Waals surface area contributed by atoms with Crippen LogP contribution in [0.1, 0.15) is 59.8 Å².